The molecule has 1 atom stereocenters. The number of carboxylic acids is 1. The molecule has 0 radical (unpaired) electrons. The number of likely N-dealkylation sites (tertiary alicyclic amines) is 1. The van der Waals surface area contributed by atoms with E-state index < -0.39 is 11.4 Å². The van der Waals surface area contributed by atoms with Crippen molar-refractivity contribution in [1.82, 2.24) is 4.90 Å². The van der Waals surface area contributed by atoms with Gasteiger partial charge in [0.2, 0.25) is 0 Å². The molecule has 1 unspecified atom stereocenters. The van der Waals surface area contributed by atoms with Gasteiger partial charge in [0.15, 0.2) is 6.61 Å². The number of benzene rings is 1. The lowest BCUT2D eigenvalue weighted by Gasteiger charge is -2.21. The zero-order chi connectivity index (χ0) is 17.3. The summed E-state index contributed by atoms with van der Waals surface area (Å²) in [4.78, 5) is 24.9. The van der Waals surface area contributed by atoms with Crippen LogP contribution in [0.4, 0.5) is 0 Å². The van der Waals surface area contributed by atoms with Crippen LogP contribution in [0.5, 0.6) is 5.75 Å². The maximum atomic E-state index is 12.2. The van der Waals surface area contributed by atoms with E-state index in [1.807, 2.05) is 24.3 Å². The van der Waals surface area contributed by atoms with Gasteiger partial charge < -0.3 is 14.7 Å². The number of carboxylic acid groups (broad SMARTS) is 1. The average Bonchev–Trinajstić information content (AvgIpc) is 2.88. The van der Waals surface area contributed by atoms with Crippen molar-refractivity contribution in [2.45, 2.75) is 39.5 Å². The van der Waals surface area contributed by atoms with Crippen LogP contribution in [0, 0.1) is 5.41 Å². The lowest BCUT2D eigenvalue weighted by Crippen LogP contribution is -2.37. The predicted octanol–water partition coefficient (Wildman–Crippen LogP) is 2.69. The summed E-state index contributed by atoms with van der Waals surface area (Å²) in [6, 6.07) is 7.72. The summed E-state index contributed by atoms with van der Waals surface area (Å²) in [6.07, 6.45) is 0.481. The molecule has 1 aliphatic rings. The van der Waals surface area contributed by atoms with Crippen molar-refractivity contribution in [3.8, 4) is 5.75 Å². The second-order valence-electron chi connectivity index (χ2n) is 7.49. The monoisotopic (exact) mass is 319 g/mol. The van der Waals surface area contributed by atoms with E-state index in [0.717, 1.165) is 0 Å². The van der Waals surface area contributed by atoms with E-state index in [0.29, 0.717) is 18.7 Å². The van der Waals surface area contributed by atoms with E-state index in [-0.39, 0.29) is 24.5 Å². The van der Waals surface area contributed by atoms with Crippen LogP contribution in [0.1, 0.15) is 39.7 Å². The van der Waals surface area contributed by atoms with Gasteiger partial charge in [-0.05, 0) is 36.5 Å². The smallest absolute Gasteiger partial charge is 0.311 e. The van der Waals surface area contributed by atoms with E-state index in [1.165, 1.54) is 5.56 Å². The SMILES string of the molecule is CC1(C(=O)O)CCN(C(=O)COc2ccc(C(C)(C)C)cc2)C1. The molecule has 0 saturated carbocycles. The first-order valence-electron chi connectivity index (χ1n) is 7.86. The Labute approximate surface area is 137 Å². The van der Waals surface area contributed by atoms with Crippen LogP contribution in [0.3, 0.4) is 0 Å². The van der Waals surface area contributed by atoms with Gasteiger partial charge in [-0.2, -0.15) is 0 Å². The molecule has 1 heterocycles. The van der Waals surface area contributed by atoms with Crippen LogP contribution >= 0.6 is 0 Å². The fraction of sp³-hybridized carbons (Fsp3) is 0.556. The Morgan fingerprint density at radius 1 is 1.26 bits per heavy atom. The molecule has 2 rings (SSSR count). The van der Waals surface area contributed by atoms with Gasteiger partial charge >= 0.3 is 5.97 Å². The van der Waals surface area contributed by atoms with Crippen molar-refractivity contribution in [3.63, 3.8) is 0 Å². The number of rotatable bonds is 4. The van der Waals surface area contributed by atoms with Gasteiger partial charge in [-0.3, -0.25) is 9.59 Å². The summed E-state index contributed by atoms with van der Waals surface area (Å²) >= 11 is 0. The minimum atomic E-state index is -0.855. The van der Waals surface area contributed by atoms with Crippen molar-refractivity contribution >= 4 is 11.9 Å². The summed E-state index contributed by atoms with van der Waals surface area (Å²) in [5, 5.41) is 9.20. The maximum Gasteiger partial charge on any atom is 0.311 e. The molecular formula is C18H25NO4. The first-order valence-corrected chi connectivity index (χ1v) is 7.86. The molecule has 1 aromatic rings. The quantitative estimate of drug-likeness (QED) is 0.926. The third-order valence-electron chi connectivity index (χ3n) is 4.43. The first-order chi connectivity index (χ1) is 10.6. The molecule has 0 aromatic heterocycles. The molecule has 1 saturated heterocycles. The number of nitrogens with zero attached hydrogens (tertiary/aromatic N) is 1. The third-order valence-corrected chi connectivity index (χ3v) is 4.43. The van der Waals surface area contributed by atoms with Crippen molar-refractivity contribution in [1.29, 1.82) is 0 Å². The molecule has 1 fully saturated rings. The summed E-state index contributed by atoms with van der Waals surface area (Å²) in [5.41, 5.74) is 0.433. The zero-order valence-corrected chi connectivity index (χ0v) is 14.3. The number of carbonyl (C=O) groups excluding carboxylic acids is 1. The van der Waals surface area contributed by atoms with E-state index in [2.05, 4.69) is 20.8 Å². The highest BCUT2D eigenvalue weighted by Crippen LogP contribution is 2.30. The molecule has 5 heteroatoms. The summed E-state index contributed by atoms with van der Waals surface area (Å²) in [5.74, 6) is -0.382. The van der Waals surface area contributed by atoms with E-state index in [1.54, 1.807) is 11.8 Å². The van der Waals surface area contributed by atoms with Crippen LogP contribution in [-0.2, 0) is 15.0 Å². The Kier molecular flexibility index (Phi) is 4.68. The zero-order valence-electron chi connectivity index (χ0n) is 14.3. The second kappa shape index (κ2) is 6.22. The molecule has 5 nitrogen and oxygen atoms in total. The van der Waals surface area contributed by atoms with Crippen LogP contribution in [0.15, 0.2) is 24.3 Å². The lowest BCUT2D eigenvalue weighted by molar-refractivity contribution is -0.147. The molecule has 0 aliphatic carbocycles. The largest absolute Gasteiger partial charge is 0.484 e. The van der Waals surface area contributed by atoms with Crippen molar-refractivity contribution in [2.24, 2.45) is 5.41 Å². The van der Waals surface area contributed by atoms with Crippen molar-refractivity contribution < 1.29 is 19.4 Å². The van der Waals surface area contributed by atoms with E-state index in [9.17, 15) is 14.7 Å². The highest BCUT2D eigenvalue weighted by atomic mass is 16.5. The van der Waals surface area contributed by atoms with Crippen LogP contribution in [0.25, 0.3) is 0 Å². The van der Waals surface area contributed by atoms with E-state index >= 15 is 0 Å². The Balaban J connectivity index is 1.89. The van der Waals surface area contributed by atoms with Gasteiger partial charge in [0.25, 0.3) is 5.91 Å². The molecule has 1 amide bonds. The minimum Gasteiger partial charge on any atom is -0.484 e. The maximum absolute atomic E-state index is 12.2. The molecular weight excluding hydrogens is 294 g/mol. The summed E-state index contributed by atoms with van der Waals surface area (Å²) in [6.45, 7) is 8.73. The van der Waals surface area contributed by atoms with Crippen LogP contribution in [-0.4, -0.2) is 41.6 Å². The summed E-state index contributed by atoms with van der Waals surface area (Å²) in [7, 11) is 0. The van der Waals surface area contributed by atoms with Crippen LogP contribution in [0.2, 0.25) is 0 Å². The highest BCUT2D eigenvalue weighted by Gasteiger charge is 2.42. The van der Waals surface area contributed by atoms with Gasteiger partial charge in [-0.25, -0.2) is 0 Å². The normalized spacial score (nSPS) is 21.3. The van der Waals surface area contributed by atoms with Crippen LogP contribution < -0.4 is 4.74 Å². The number of amides is 1. The molecule has 0 spiro atoms. The number of ether oxygens (including phenoxy) is 1. The fourth-order valence-electron chi connectivity index (χ4n) is 2.64. The van der Waals surface area contributed by atoms with Crippen molar-refractivity contribution in [3.05, 3.63) is 29.8 Å². The van der Waals surface area contributed by atoms with Crippen molar-refractivity contribution in [2.75, 3.05) is 19.7 Å². The Bertz CT molecular complexity index is 588. The number of hydrogen-bond acceptors (Lipinski definition) is 3. The summed E-state index contributed by atoms with van der Waals surface area (Å²) < 4.78 is 5.54. The molecule has 23 heavy (non-hydrogen) atoms. The van der Waals surface area contributed by atoms with Gasteiger partial charge in [-0.15, -0.1) is 0 Å². The minimum absolute atomic E-state index is 0.0649. The molecule has 126 valence electrons. The Morgan fingerprint density at radius 2 is 1.87 bits per heavy atom. The number of aliphatic carboxylic acids is 1. The highest BCUT2D eigenvalue weighted by molar-refractivity contribution is 5.81. The molecule has 1 aliphatic heterocycles. The van der Waals surface area contributed by atoms with E-state index in [4.69, 9.17) is 4.74 Å². The van der Waals surface area contributed by atoms with Gasteiger partial charge in [-0.1, -0.05) is 32.9 Å². The fourth-order valence-corrected chi connectivity index (χ4v) is 2.64. The first kappa shape index (κ1) is 17.3. The Morgan fingerprint density at radius 3 is 2.35 bits per heavy atom. The second-order valence-corrected chi connectivity index (χ2v) is 7.49. The number of carbonyl (C=O) groups is 2. The predicted molar refractivity (Wildman–Crippen MR) is 87.6 cm³/mol. The standard InChI is InChI=1S/C18H25NO4/c1-17(2,3)13-5-7-14(8-6-13)23-11-15(20)19-10-9-18(4,12-19)16(21)22/h5-8H,9-12H2,1-4H3,(H,21,22). The average molecular weight is 319 g/mol. The molecule has 1 N–H and O–H groups in total. The third kappa shape index (κ3) is 4.03. The molecule has 0 bridgehead atoms. The van der Waals surface area contributed by atoms with Gasteiger partial charge in [0, 0.05) is 13.1 Å². The molecule has 1 aromatic carbocycles. The van der Waals surface area contributed by atoms with Gasteiger partial charge in [0.05, 0.1) is 5.41 Å². The Hall–Kier alpha value is -2.04. The lowest BCUT2D eigenvalue weighted by atomic mass is 9.87. The topological polar surface area (TPSA) is 66.8 Å². The van der Waals surface area contributed by atoms with Gasteiger partial charge in [0.1, 0.15) is 5.75 Å². The number of hydrogen-bond donors (Lipinski definition) is 1.